The van der Waals surface area contributed by atoms with Gasteiger partial charge in [-0.05, 0) is 32.7 Å². The summed E-state index contributed by atoms with van der Waals surface area (Å²) >= 11 is 0. The van der Waals surface area contributed by atoms with Crippen molar-refractivity contribution >= 4 is 11.9 Å². The zero-order valence-electron chi connectivity index (χ0n) is 11.4. The summed E-state index contributed by atoms with van der Waals surface area (Å²) in [4.78, 5) is 16.2. The highest BCUT2D eigenvalue weighted by Gasteiger charge is 2.40. The molecule has 108 valence electrons. The van der Waals surface area contributed by atoms with Crippen molar-refractivity contribution in [3.63, 3.8) is 0 Å². The molecule has 0 aliphatic carbocycles. The number of rotatable bonds is 2. The van der Waals surface area contributed by atoms with E-state index in [-0.39, 0.29) is 11.9 Å². The van der Waals surface area contributed by atoms with Crippen molar-refractivity contribution in [1.82, 2.24) is 15.1 Å². The van der Waals surface area contributed by atoms with E-state index < -0.39 is 5.54 Å². The van der Waals surface area contributed by atoms with Gasteiger partial charge in [0.1, 0.15) is 5.54 Å². The smallest absolute Gasteiger partial charge is 0.318 e. The molecule has 2 rings (SSSR count). The zero-order valence-corrected chi connectivity index (χ0v) is 11.4. The molecule has 0 radical (unpaired) electrons. The lowest BCUT2D eigenvalue weighted by molar-refractivity contribution is 0.171. The molecule has 2 aliphatic rings. The lowest BCUT2D eigenvalue weighted by atomic mass is 9.86. The second kappa shape index (κ2) is 5.64. The highest BCUT2D eigenvalue weighted by molar-refractivity contribution is 5.93. The molecule has 0 aromatic rings. The van der Waals surface area contributed by atoms with Gasteiger partial charge in [-0.15, -0.1) is 0 Å². The highest BCUT2D eigenvalue weighted by Crippen LogP contribution is 2.23. The Morgan fingerprint density at radius 2 is 1.84 bits per heavy atom. The lowest BCUT2D eigenvalue weighted by Crippen LogP contribution is -2.63. The first-order valence-electron chi connectivity index (χ1n) is 6.81. The average molecular weight is 269 g/mol. The summed E-state index contributed by atoms with van der Waals surface area (Å²) in [6.45, 7) is 3.21. The molecule has 0 aromatic carbocycles. The Labute approximate surface area is 113 Å². The van der Waals surface area contributed by atoms with E-state index in [1.807, 2.05) is 7.05 Å². The summed E-state index contributed by atoms with van der Waals surface area (Å²) in [6.07, 6.45) is 3.43. The van der Waals surface area contributed by atoms with E-state index in [0.29, 0.717) is 12.8 Å². The van der Waals surface area contributed by atoms with Crippen molar-refractivity contribution in [2.24, 2.45) is 10.9 Å². The van der Waals surface area contributed by atoms with Gasteiger partial charge in [0, 0.05) is 26.2 Å². The topological polar surface area (TPSA) is 94.2 Å². The Hall–Kier alpha value is -1.50. The molecule has 2 amide bonds. The average Bonchev–Trinajstić information content (AvgIpc) is 2.95. The van der Waals surface area contributed by atoms with Gasteiger partial charge >= 0.3 is 6.03 Å². The molecule has 2 aliphatic heterocycles. The molecule has 0 spiro atoms. The van der Waals surface area contributed by atoms with Crippen LogP contribution in [0.4, 0.5) is 4.79 Å². The maximum absolute atomic E-state index is 12.2. The van der Waals surface area contributed by atoms with Crippen LogP contribution in [0.3, 0.4) is 0 Å². The Balaban J connectivity index is 2.07. The van der Waals surface area contributed by atoms with E-state index in [4.69, 9.17) is 10.9 Å². The number of amidine groups is 1. The number of carbonyl (C=O) groups is 1. The van der Waals surface area contributed by atoms with Crippen molar-refractivity contribution in [2.45, 2.75) is 31.2 Å². The first-order valence-corrected chi connectivity index (χ1v) is 6.81. The van der Waals surface area contributed by atoms with Gasteiger partial charge in [0.25, 0.3) is 0 Å². The van der Waals surface area contributed by atoms with Crippen LogP contribution in [-0.4, -0.2) is 65.6 Å². The van der Waals surface area contributed by atoms with Gasteiger partial charge in [-0.3, -0.25) is 0 Å². The molecule has 7 nitrogen and oxygen atoms in total. The Kier molecular flexibility index (Phi) is 4.14. The highest BCUT2D eigenvalue weighted by atomic mass is 16.4. The molecule has 0 bridgehead atoms. The number of hydrogen-bond donors (Lipinski definition) is 3. The van der Waals surface area contributed by atoms with Gasteiger partial charge in [-0.2, -0.15) is 0 Å². The van der Waals surface area contributed by atoms with Crippen LogP contribution in [0.25, 0.3) is 0 Å². The van der Waals surface area contributed by atoms with Crippen molar-refractivity contribution in [3.8, 4) is 0 Å². The van der Waals surface area contributed by atoms with E-state index >= 15 is 0 Å². The molecule has 2 saturated heterocycles. The van der Waals surface area contributed by atoms with Crippen LogP contribution >= 0.6 is 0 Å². The number of hydrogen-bond acceptors (Lipinski definition) is 4. The number of oxime groups is 1. The maximum Gasteiger partial charge on any atom is 0.318 e. The number of nitrogens with two attached hydrogens (primary N) is 1. The summed E-state index contributed by atoms with van der Waals surface area (Å²) in [5.41, 5.74) is 5.12. The van der Waals surface area contributed by atoms with Gasteiger partial charge in [0.15, 0.2) is 5.84 Å². The number of carbonyl (C=O) groups excluding carboxylic acids is 1. The van der Waals surface area contributed by atoms with Crippen LogP contribution in [0, 0.1) is 0 Å². The van der Waals surface area contributed by atoms with Gasteiger partial charge in [-0.25, -0.2) is 4.79 Å². The quantitative estimate of drug-likeness (QED) is 0.285. The monoisotopic (exact) mass is 269 g/mol. The first kappa shape index (κ1) is 13.9. The van der Waals surface area contributed by atoms with Crippen LogP contribution in [-0.2, 0) is 0 Å². The number of likely N-dealkylation sites (tertiary alicyclic amines) is 2. The van der Waals surface area contributed by atoms with Crippen molar-refractivity contribution in [3.05, 3.63) is 0 Å². The van der Waals surface area contributed by atoms with Crippen LogP contribution in [0.5, 0.6) is 0 Å². The van der Waals surface area contributed by atoms with Gasteiger partial charge in [-0.1, -0.05) is 5.16 Å². The number of piperidine rings is 1. The molecular formula is C12H23N5O2. The minimum absolute atomic E-state index is 0.103. The molecule has 7 heteroatoms. The third kappa shape index (κ3) is 2.91. The molecule has 0 atom stereocenters. The van der Waals surface area contributed by atoms with Crippen molar-refractivity contribution in [2.75, 3.05) is 33.2 Å². The van der Waals surface area contributed by atoms with Crippen LogP contribution in [0.2, 0.25) is 0 Å². The molecule has 4 N–H and O–H groups in total. The summed E-state index contributed by atoms with van der Waals surface area (Å²) in [6, 6.07) is -0.103. The number of amides is 2. The first-order chi connectivity index (χ1) is 9.07. The maximum atomic E-state index is 12.2. The minimum atomic E-state index is -0.707. The summed E-state index contributed by atoms with van der Waals surface area (Å²) < 4.78 is 0. The standard InChI is InChI=1S/C12H23N5O2/c1-16-8-4-12(5-9-16,10(13)15-19)14-11(18)17-6-2-3-7-17/h19H,2-9H2,1H3,(H2,13,15)(H,14,18). The van der Waals surface area contributed by atoms with E-state index in [9.17, 15) is 4.79 Å². The van der Waals surface area contributed by atoms with Crippen molar-refractivity contribution < 1.29 is 10.0 Å². The summed E-state index contributed by atoms with van der Waals surface area (Å²) in [7, 11) is 2.03. The van der Waals surface area contributed by atoms with E-state index in [1.165, 1.54) is 0 Å². The second-order valence-corrected chi connectivity index (χ2v) is 5.49. The zero-order chi connectivity index (χ0) is 13.9. The Morgan fingerprint density at radius 3 is 2.37 bits per heavy atom. The lowest BCUT2D eigenvalue weighted by Gasteiger charge is -2.40. The molecular weight excluding hydrogens is 246 g/mol. The number of nitrogens with one attached hydrogen (secondary N) is 1. The fraction of sp³-hybridized carbons (Fsp3) is 0.833. The molecule has 19 heavy (non-hydrogen) atoms. The third-order valence-corrected chi connectivity index (χ3v) is 4.18. The van der Waals surface area contributed by atoms with Crippen molar-refractivity contribution in [1.29, 1.82) is 0 Å². The predicted molar refractivity (Wildman–Crippen MR) is 72.2 cm³/mol. The van der Waals surface area contributed by atoms with Gasteiger partial charge in [0.05, 0.1) is 0 Å². The predicted octanol–water partition coefficient (Wildman–Crippen LogP) is 0.00260. The van der Waals surface area contributed by atoms with E-state index in [2.05, 4.69) is 15.4 Å². The second-order valence-electron chi connectivity index (χ2n) is 5.49. The third-order valence-electron chi connectivity index (χ3n) is 4.18. The van der Waals surface area contributed by atoms with Crippen LogP contribution < -0.4 is 11.1 Å². The fourth-order valence-electron chi connectivity index (χ4n) is 2.75. The van der Waals surface area contributed by atoms with Crippen LogP contribution in [0.1, 0.15) is 25.7 Å². The van der Waals surface area contributed by atoms with E-state index in [0.717, 1.165) is 39.0 Å². The summed E-state index contributed by atoms with van der Waals surface area (Å²) in [5.74, 6) is 0.105. The largest absolute Gasteiger partial charge is 0.409 e. The number of nitrogens with zero attached hydrogens (tertiary/aromatic N) is 3. The summed E-state index contributed by atoms with van der Waals surface area (Å²) in [5, 5.41) is 15.1. The molecule has 2 fully saturated rings. The van der Waals surface area contributed by atoms with E-state index in [1.54, 1.807) is 4.90 Å². The Morgan fingerprint density at radius 1 is 1.26 bits per heavy atom. The molecule has 0 aromatic heterocycles. The molecule has 2 heterocycles. The SMILES string of the molecule is CN1CCC(NC(=O)N2CCCC2)(C(N)=NO)CC1. The Bertz CT molecular complexity index is 357. The fourth-order valence-corrected chi connectivity index (χ4v) is 2.75. The van der Waals surface area contributed by atoms with Gasteiger partial charge in [0.2, 0.25) is 0 Å². The number of urea groups is 1. The minimum Gasteiger partial charge on any atom is -0.409 e. The van der Waals surface area contributed by atoms with Gasteiger partial charge < -0.3 is 26.1 Å². The molecule has 0 saturated carbocycles. The van der Waals surface area contributed by atoms with Crippen LogP contribution in [0.15, 0.2) is 5.16 Å². The normalized spacial score (nSPS) is 24.5. The molecule has 0 unspecified atom stereocenters.